The molecule has 0 aliphatic carbocycles. The number of ether oxygens (including phenoxy) is 1. The van der Waals surface area contributed by atoms with Crippen molar-refractivity contribution in [1.82, 2.24) is 15.1 Å². The van der Waals surface area contributed by atoms with Gasteiger partial charge in [0.25, 0.3) is 0 Å². The molecule has 0 saturated carbocycles. The molecule has 2 aliphatic rings. The fraction of sp³-hybridized carbons (Fsp3) is 0.609. The number of carbonyl (C=O) groups is 1. The van der Waals surface area contributed by atoms with E-state index in [4.69, 9.17) is 9.15 Å². The van der Waals surface area contributed by atoms with Gasteiger partial charge < -0.3 is 14.5 Å². The molecule has 0 spiro atoms. The van der Waals surface area contributed by atoms with Crippen molar-refractivity contribution >= 4 is 16.9 Å². The zero-order valence-electron chi connectivity index (χ0n) is 17.4. The lowest BCUT2D eigenvalue weighted by Gasteiger charge is -2.41. The third-order valence-corrected chi connectivity index (χ3v) is 6.36. The van der Waals surface area contributed by atoms with Crippen molar-refractivity contribution in [3.63, 3.8) is 0 Å². The van der Waals surface area contributed by atoms with Gasteiger partial charge in [-0.3, -0.25) is 14.6 Å². The van der Waals surface area contributed by atoms with E-state index in [2.05, 4.69) is 33.3 Å². The molecular weight excluding hydrogens is 366 g/mol. The first-order valence-corrected chi connectivity index (χ1v) is 10.9. The van der Waals surface area contributed by atoms with Crippen molar-refractivity contribution in [3.05, 3.63) is 36.1 Å². The molecule has 29 heavy (non-hydrogen) atoms. The number of carbonyl (C=O) groups excluding carboxylic acids is 1. The molecule has 2 fully saturated rings. The number of rotatable bonds is 7. The number of hydrogen-bond donors (Lipinski definition) is 1. The van der Waals surface area contributed by atoms with Gasteiger partial charge in [-0.1, -0.05) is 18.2 Å². The van der Waals surface area contributed by atoms with E-state index in [1.54, 1.807) is 7.11 Å². The smallest absolute Gasteiger partial charge is 0.224 e. The number of nitrogens with zero attached hydrogens (tertiary/aromatic N) is 2. The molecule has 158 valence electrons. The van der Waals surface area contributed by atoms with Crippen LogP contribution in [0.1, 0.15) is 31.4 Å². The molecule has 2 aromatic rings. The Labute approximate surface area is 173 Å². The summed E-state index contributed by atoms with van der Waals surface area (Å²) in [6, 6.07) is 11.0. The highest BCUT2D eigenvalue weighted by atomic mass is 16.5. The Kier molecular flexibility index (Phi) is 6.85. The average Bonchev–Trinajstić information content (AvgIpc) is 3.17. The van der Waals surface area contributed by atoms with E-state index in [0.717, 1.165) is 69.8 Å². The summed E-state index contributed by atoms with van der Waals surface area (Å²) >= 11 is 0. The van der Waals surface area contributed by atoms with E-state index in [9.17, 15) is 4.79 Å². The lowest BCUT2D eigenvalue weighted by Crippen LogP contribution is -2.50. The second kappa shape index (κ2) is 9.74. The Morgan fingerprint density at radius 3 is 2.83 bits per heavy atom. The molecule has 1 atom stereocenters. The standard InChI is InChI=1S/C23H33N3O3/c1-28-14-10-24-23(27)19-6-4-11-26(16-19)20-8-12-25(13-9-20)17-21-15-18-5-2-3-7-22(18)29-21/h2-3,5,7,15,19-20H,4,6,8-14,16-17H2,1H3,(H,24,27). The first kappa shape index (κ1) is 20.4. The molecule has 4 rings (SSSR count). The molecule has 1 N–H and O–H groups in total. The lowest BCUT2D eigenvalue weighted by atomic mass is 9.93. The summed E-state index contributed by atoms with van der Waals surface area (Å²) in [6.07, 6.45) is 4.44. The molecule has 2 saturated heterocycles. The van der Waals surface area contributed by atoms with Crippen LogP contribution in [0.3, 0.4) is 0 Å². The van der Waals surface area contributed by atoms with Crippen molar-refractivity contribution in [2.75, 3.05) is 46.4 Å². The lowest BCUT2D eigenvalue weighted by molar-refractivity contribution is -0.127. The third-order valence-electron chi connectivity index (χ3n) is 6.36. The number of piperidine rings is 2. The maximum atomic E-state index is 12.4. The number of amides is 1. The van der Waals surface area contributed by atoms with Gasteiger partial charge in [0.2, 0.25) is 5.91 Å². The topological polar surface area (TPSA) is 58.0 Å². The van der Waals surface area contributed by atoms with Crippen LogP contribution in [0.15, 0.2) is 34.7 Å². The minimum atomic E-state index is 0.120. The van der Waals surface area contributed by atoms with Gasteiger partial charge in [0, 0.05) is 44.7 Å². The van der Waals surface area contributed by atoms with E-state index in [1.807, 2.05) is 12.1 Å². The van der Waals surface area contributed by atoms with Crippen LogP contribution in [-0.4, -0.2) is 68.2 Å². The van der Waals surface area contributed by atoms with Crippen LogP contribution >= 0.6 is 0 Å². The predicted molar refractivity (Wildman–Crippen MR) is 114 cm³/mol. The van der Waals surface area contributed by atoms with Gasteiger partial charge in [0.05, 0.1) is 19.1 Å². The molecule has 3 heterocycles. The summed E-state index contributed by atoms with van der Waals surface area (Å²) in [5.74, 6) is 1.36. The normalized spacial score (nSPS) is 22.2. The van der Waals surface area contributed by atoms with Crippen LogP contribution in [-0.2, 0) is 16.1 Å². The van der Waals surface area contributed by atoms with E-state index in [-0.39, 0.29) is 11.8 Å². The maximum Gasteiger partial charge on any atom is 0.224 e. The van der Waals surface area contributed by atoms with E-state index >= 15 is 0 Å². The molecule has 6 heteroatoms. The van der Waals surface area contributed by atoms with E-state index in [1.165, 1.54) is 5.39 Å². The van der Waals surface area contributed by atoms with Crippen LogP contribution in [0.2, 0.25) is 0 Å². The van der Waals surface area contributed by atoms with Crippen molar-refractivity contribution in [2.24, 2.45) is 5.92 Å². The van der Waals surface area contributed by atoms with Crippen molar-refractivity contribution in [2.45, 2.75) is 38.3 Å². The number of benzene rings is 1. The van der Waals surface area contributed by atoms with Crippen LogP contribution in [0.25, 0.3) is 11.0 Å². The second-order valence-electron chi connectivity index (χ2n) is 8.38. The monoisotopic (exact) mass is 399 g/mol. The van der Waals surface area contributed by atoms with Gasteiger partial charge in [-0.25, -0.2) is 0 Å². The van der Waals surface area contributed by atoms with E-state index < -0.39 is 0 Å². The fourth-order valence-electron chi connectivity index (χ4n) is 4.75. The molecule has 1 unspecified atom stereocenters. The summed E-state index contributed by atoms with van der Waals surface area (Å²) in [5, 5.41) is 4.19. The molecule has 6 nitrogen and oxygen atoms in total. The van der Waals surface area contributed by atoms with Gasteiger partial charge in [0.15, 0.2) is 0 Å². The molecule has 0 radical (unpaired) electrons. The Morgan fingerprint density at radius 1 is 1.21 bits per heavy atom. The van der Waals surface area contributed by atoms with Crippen LogP contribution in [0, 0.1) is 5.92 Å². The summed E-state index contributed by atoms with van der Waals surface area (Å²) in [6.45, 7) is 6.25. The van der Waals surface area contributed by atoms with Crippen LogP contribution < -0.4 is 5.32 Å². The average molecular weight is 400 g/mol. The van der Waals surface area contributed by atoms with Crippen LogP contribution in [0.5, 0.6) is 0 Å². The van der Waals surface area contributed by atoms with Crippen molar-refractivity contribution < 1.29 is 13.9 Å². The highest BCUT2D eigenvalue weighted by Crippen LogP contribution is 2.26. The molecule has 1 amide bonds. The predicted octanol–water partition coefficient (Wildman–Crippen LogP) is 2.87. The Hall–Kier alpha value is -1.89. The van der Waals surface area contributed by atoms with E-state index in [0.29, 0.717) is 19.2 Å². The third kappa shape index (κ3) is 5.18. The summed E-state index contributed by atoms with van der Waals surface area (Å²) in [5.41, 5.74) is 0.973. The van der Waals surface area contributed by atoms with Crippen molar-refractivity contribution in [3.8, 4) is 0 Å². The largest absolute Gasteiger partial charge is 0.460 e. The highest BCUT2D eigenvalue weighted by Gasteiger charge is 2.31. The Balaban J connectivity index is 1.25. The van der Waals surface area contributed by atoms with Gasteiger partial charge in [-0.15, -0.1) is 0 Å². The molecular formula is C23H33N3O3. The first-order valence-electron chi connectivity index (χ1n) is 10.9. The fourth-order valence-corrected chi connectivity index (χ4v) is 4.75. The minimum absolute atomic E-state index is 0.120. The SMILES string of the molecule is COCCNC(=O)C1CCCN(C2CCN(Cc3cc4ccccc4o3)CC2)C1. The van der Waals surface area contributed by atoms with Gasteiger partial charge in [0.1, 0.15) is 11.3 Å². The van der Waals surface area contributed by atoms with Crippen molar-refractivity contribution in [1.29, 1.82) is 0 Å². The maximum absolute atomic E-state index is 12.4. The highest BCUT2D eigenvalue weighted by molar-refractivity contribution is 5.79. The number of likely N-dealkylation sites (tertiary alicyclic amines) is 2. The molecule has 2 aliphatic heterocycles. The Morgan fingerprint density at radius 2 is 2.03 bits per heavy atom. The summed E-state index contributed by atoms with van der Waals surface area (Å²) in [7, 11) is 1.66. The number of nitrogens with one attached hydrogen (secondary N) is 1. The van der Waals surface area contributed by atoms with Gasteiger partial charge in [-0.2, -0.15) is 0 Å². The first-order chi connectivity index (χ1) is 14.2. The zero-order chi connectivity index (χ0) is 20.1. The number of methoxy groups -OCH3 is 1. The quantitative estimate of drug-likeness (QED) is 0.726. The minimum Gasteiger partial charge on any atom is -0.460 e. The summed E-state index contributed by atoms with van der Waals surface area (Å²) < 4.78 is 11.0. The molecule has 1 aromatic heterocycles. The van der Waals surface area contributed by atoms with Crippen LogP contribution in [0.4, 0.5) is 0 Å². The second-order valence-corrected chi connectivity index (χ2v) is 8.38. The number of para-hydroxylation sites is 1. The number of fused-ring (bicyclic) bond motifs is 1. The van der Waals surface area contributed by atoms with Gasteiger partial charge in [-0.05, 0) is 44.4 Å². The zero-order valence-corrected chi connectivity index (χ0v) is 17.4. The van der Waals surface area contributed by atoms with Gasteiger partial charge >= 0.3 is 0 Å². The number of furan rings is 1. The Bertz CT molecular complexity index is 765. The summed E-state index contributed by atoms with van der Waals surface area (Å²) in [4.78, 5) is 17.5. The molecule has 0 bridgehead atoms. The molecule has 1 aromatic carbocycles. The number of hydrogen-bond acceptors (Lipinski definition) is 5.